The van der Waals surface area contributed by atoms with Gasteiger partial charge in [-0.15, -0.1) is 0 Å². The Morgan fingerprint density at radius 3 is 2.91 bits per heavy atom. The second kappa shape index (κ2) is 9.15. The zero-order valence-corrected chi connectivity index (χ0v) is 17.8. The van der Waals surface area contributed by atoms with E-state index in [1.54, 1.807) is 18.2 Å². The van der Waals surface area contributed by atoms with Gasteiger partial charge in [0, 0.05) is 36.8 Å². The number of ketones is 1. The van der Waals surface area contributed by atoms with Gasteiger partial charge in [-0.3, -0.25) is 9.69 Å². The van der Waals surface area contributed by atoms with Crippen LogP contribution >= 0.6 is 0 Å². The molecule has 0 bridgehead atoms. The maximum Gasteiger partial charge on any atom is 0.338 e. The number of esters is 1. The summed E-state index contributed by atoms with van der Waals surface area (Å²) in [4.78, 5) is 29.9. The summed E-state index contributed by atoms with van der Waals surface area (Å²) in [7, 11) is 0. The quantitative estimate of drug-likeness (QED) is 0.547. The number of piperidine rings is 1. The number of aliphatic hydroxyl groups is 1. The summed E-state index contributed by atoms with van der Waals surface area (Å²) in [6.45, 7) is 3.06. The number of carbonyl (C=O) groups is 2. The normalized spacial score (nSPS) is 21.5. The Labute approximate surface area is 185 Å². The molecule has 8 heteroatoms. The third-order valence-electron chi connectivity index (χ3n) is 6.41. The van der Waals surface area contributed by atoms with Gasteiger partial charge in [0.2, 0.25) is 0 Å². The molecule has 0 saturated carbocycles. The van der Waals surface area contributed by atoms with E-state index in [1.807, 2.05) is 17.9 Å². The maximum atomic E-state index is 14.9. The predicted molar refractivity (Wildman–Crippen MR) is 113 cm³/mol. The molecule has 1 saturated heterocycles. The van der Waals surface area contributed by atoms with Gasteiger partial charge < -0.3 is 9.84 Å². The summed E-state index contributed by atoms with van der Waals surface area (Å²) >= 11 is 0. The van der Waals surface area contributed by atoms with Crippen LogP contribution in [0.25, 0.3) is 0 Å². The first-order chi connectivity index (χ1) is 15.4. The molecule has 0 unspecified atom stereocenters. The van der Waals surface area contributed by atoms with Crippen LogP contribution in [0.1, 0.15) is 62.0 Å². The molecule has 0 amide bonds. The lowest BCUT2D eigenvalue weighted by molar-refractivity contribution is 0.0412. The highest BCUT2D eigenvalue weighted by molar-refractivity contribution is 5.96. The molecule has 3 heterocycles. The number of hydrogen-bond donors (Lipinski definition) is 1. The van der Waals surface area contributed by atoms with E-state index < -0.39 is 18.2 Å². The number of rotatable bonds is 6. The number of halogens is 1. The average Bonchev–Trinajstić information content (AvgIpc) is 3.17. The largest absolute Gasteiger partial charge is 0.457 e. The second-order valence-electron chi connectivity index (χ2n) is 8.39. The minimum absolute atomic E-state index is 0.0864. The summed E-state index contributed by atoms with van der Waals surface area (Å²) in [5.74, 6) is -0.928. The number of fused-ring (bicyclic) bond motifs is 1. The van der Waals surface area contributed by atoms with Crippen molar-refractivity contribution in [3.8, 4) is 6.07 Å². The molecule has 4 rings (SSSR count). The number of aliphatic hydroxyl groups excluding tert-OH is 1. The van der Waals surface area contributed by atoms with Crippen molar-refractivity contribution in [3.63, 3.8) is 0 Å². The van der Waals surface area contributed by atoms with Crippen LogP contribution in [0.15, 0.2) is 30.5 Å². The van der Waals surface area contributed by atoms with Crippen molar-refractivity contribution in [2.75, 3.05) is 19.6 Å². The first-order valence-electron chi connectivity index (χ1n) is 10.6. The maximum absolute atomic E-state index is 14.9. The number of pyridine rings is 1. The topological polar surface area (TPSA) is 104 Å². The van der Waals surface area contributed by atoms with Gasteiger partial charge >= 0.3 is 5.97 Å². The zero-order chi connectivity index (χ0) is 22.8. The number of nitrogens with zero attached hydrogens (tertiary/aromatic N) is 3. The number of alkyl halides is 1. The van der Waals surface area contributed by atoms with Crippen LogP contribution < -0.4 is 0 Å². The average molecular weight is 437 g/mol. The minimum atomic E-state index is -1.18. The summed E-state index contributed by atoms with van der Waals surface area (Å²) in [5, 5.41) is 19.6. The fourth-order valence-corrected chi connectivity index (χ4v) is 4.46. The van der Waals surface area contributed by atoms with E-state index in [4.69, 9.17) is 10.00 Å². The van der Waals surface area contributed by atoms with Gasteiger partial charge in [0.15, 0.2) is 5.78 Å². The number of aromatic nitrogens is 1. The van der Waals surface area contributed by atoms with E-state index in [0.29, 0.717) is 29.7 Å². The molecular formula is C24H24FN3O4. The fourth-order valence-electron chi connectivity index (χ4n) is 4.46. The highest BCUT2D eigenvalue weighted by Crippen LogP contribution is 2.31. The van der Waals surface area contributed by atoms with Crippen molar-refractivity contribution in [1.29, 1.82) is 5.26 Å². The first-order valence-corrected chi connectivity index (χ1v) is 10.6. The predicted octanol–water partition coefficient (Wildman–Crippen LogP) is 2.90. The van der Waals surface area contributed by atoms with Gasteiger partial charge in [-0.1, -0.05) is 6.07 Å². The first kappa shape index (κ1) is 22.1. The van der Waals surface area contributed by atoms with E-state index in [2.05, 4.69) is 4.98 Å². The summed E-state index contributed by atoms with van der Waals surface area (Å²) in [6.07, 6.45) is -0.0424. The lowest BCUT2D eigenvalue weighted by Gasteiger charge is -2.35. The molecule has 2 aliphatic rings. The van der Waals surface area contributed by atoms with E-state index in [0.717, 1.165) is 11.1 Å². The highest BCUT2D eigenvalue weighted by Gasteiger charge is 2.33. The van der Waals surface area contributed by atoms with Gasteiger partial charge in [0.05, 0.1) is 11.7 Å². The number of benzene rings is 1. The number of cyclic esters (lactones) is 1. The molecule has 0 aliphatic carbocycles. The van der Waals surface area contributed by atoms with Crippen LogP contribution in [0.2, 0.25) is 0 Å². The summed E-state index contributed by atoms with van der Waals surface area (Å²) in [5.41, 5.74) is 3.48. The van der Waals surface area contributed by atoms with E-state index in [-0.39, 0.29) is 43.6 Å². The molecule has 1 fully saturated rings. The van der Waals surface area contributed by atoms with Crippen LogP contribution in [0.4, 0.5) is 4.39 Å². The van der Waals surface area contributed by atoms with Gasteiger partial charge in [-0.05, 0) is 55.1 Å². The number of Topliss-reactive ketones (excluding diaryl/α,β-unsaturated/α-hetero) is 1. The third-order valence-corrected chi connectivity index (χ3v) is 6.41. The van der Waals surface area contributed by atoms with Crippen molar-refractivity contribution >= 4 is 11.8 Å². The zero-order valence-electron chi connectivity index (χ0n) is 17.8. The lowest BCUT2D eigenvalue weighted by Crippen LogP contribution is -2.44. The SMILES string of the molecule is Cc1c([C@@H](O)CN2CC[C@@H](CC(=O)c3ccc(C#N)nc3)[C@@H](F)C2)ccc2c1COC2=O. The lowest BCUT2D eigenvalue weighted by atomic mass is 9.88. The Bertz CT molecular complexity index is 1080. The number of nitriles is 1. The number of likely N-dealkylation sites (tertiary alicyclic amines) is 1. The number of carbonyl (C=O) groups excluding carboxylic acids is 2. The van der Waals surface area contributed by atoms with Gasteiger partial charge in [-0.2, -0.15) is 5.26 Å². The van der Waals surface area contributed by atoms with Crippen LogP contribution in [-0.4, -0.2) is 52.5 Å². The fraction of sp³-hybridized carbons (Fsp3) is 0.417. The molecular weight excluding hydrogens is 413 g/mol. The second-order valence-corrected chi connectivity index (χ2v) is 8.39. The highest BCUT2D eigenvalue weighted by atomic mass is 19.1. The number of β-amino-alcohol motifs (C(OH)–C–C–N with tert-alkyl or cyclic N) is 1. The summed E-state index contributed by atoms with van der Waals surface area (Å²) in [6, 6.07) is 8.33. The van der Waals surface area contributed by atoms with Crippen molar-refractivity contribution in [2.45, 2.75) is 38.6 Å². The third kappa shape index (κ3) is 4.40. The van der Waals surface area contributed by atoms with Crippen LogP contribution in [0, 0.1) is 24.2 Å². The Balaban J connectivity index is 1.34. The molecule has 32 heavy (non-hydrogen) atoms. The van der Waals surface area contributed by atoms with Crippen LogP contribution in [-0.2, 0) is 11.3 Å². The van der Waals surface area contributed by atoms with E-state index >= 15 is 0 Å². The molecule has 1 aromatic heterocycles. The van der Waals surface area contributed by atoms with E-state index in [1.165, 1.54) is 12.3 Å². The number of hydrogen-bond acceptors (Lipinski definition) is 7. The molecule has 0 spiro atoms. The molecule has 3 atom stereocenters. The Kier molecular flexibility index (Phi) is 6.31. The van der Waals surface area contributed by atoms with Gasteiger partial charge in [-0.25, -0.2) is 14.2 Å². The van der Waals surface area contributed by atoms with Gasteiger partial charge in [0.25, 0.3) is 0 Å². The van der Waals surface area contributed by atoms with Crippen LogP contribution in [0.3, 0.4) is 0 Å². The standard InChI is InChI=1S/C24H24FN3O4/c1-14-18(4-5-19-20(14)13-32-24(19)31)23(30)12-28-7-6-15(21(25)11-28)8-22(29)16-2-3-17(9-26)27-10-16/h2-5,10,15,21,23,30H,6-8,11-13H2,1H3/t15-,21-,23-/m0/s1. The smallest absolute Gasteiger partial charge is 0.338 e. The summed E-state index contributed by atoms with van der Waals surface area (Å²) < 4.78 is 19.9. The number of ether oxygens (including phenoxy) is 1. The van der Waals surface area contributed by atoms with Gasteiger partial charge in [0.1, 0.15) is 24.5 Å². The monoisotopic (exact) mass is 437 g/mol. The van der Waals surface area contributed by atoms with Crippen LogP contribution in [0.5, 0.6) is 0 Å². The minimum Gasteiger partial charge on any atom is -0.457 e. The molecule has 1 aromatic carbocycles. The molecule has 7 nitrogen and oxygen atoms in total. The Hall–Kier alpha value is -3.15. The molecule has 2 aromatic rings. The van der Waals surface area contributed by atoms with Crippen molar-refractivity contribution in [1.82, 2.24) is 9.88 Å². The van der Waals surface area contributed by atoms with E-state index in [9.17, 15) is 19.1 Å². The Morgan fingerprint density at radius 2 is 2.22 bits per heavy atom. The van der Waals surface area contributed by atoms with Crippen molar-refractivity contribution in [2.24, 2.45) is 5.92 Å². The molecule has 0 radical (unpaired) electrons. The molecule has 2 aliphatic heterocycles. The van der Waals surface area contributed by atoms with Crippen molar-refractivity contribution in [3.05, 3.63) is 64.0 Å². The van der Waals surface area contributed by atoms with Crippen molar-refractivity contribution < 1.29 is 23.8 Å². The molecule has 1 N–H and O–H groups in total. The molecule has 166 valence electrons. The Morgan fingerprint density at radius 1 is 1.41 bits per heavy atom.